The van der Waals surface area contributed by atoms with E-state index >= 15 is 0 Å². The molecular formula is C17H25FO2. The highest BCUT2D eigenvalue weighted by Crippen LogP contribution is 2.16. The Labute approximate surface area is 121 Å². The van der Waals surface area contributed by atoms with Crippen molar-refractivity contribution in [1.82, 2.24) is 0 Å². The highest BCUT2D eigenvalue weighted by atomic mass is 19.1. The number of esters is 1. The van der Waals surface area contributed by atoms with Crippen LogP contribution in [0.3, 0.4) is 0 Å². The largest absolute Gasteiger partial charge is 0.469 e. The van der Waals surface area contributed by atoms with Crippen LogP contribution in [0.5, 0.6) is 0 Å². The third-order valence-corrected chi connectivity index (χ3v) is 3.48. The van der Waals surface area contributed by atoms with Crippen LogP contribution in [0.4, 0.5) is 4.39 Å². The Morgan fingerprint density at radius 1 is 1.15 bits per heavy atom. The summed E-state index contributed by atoms with van der Waals surface area (Å²) in [5, 5.41) is 0. The Bertz CT molecular complexity index is 415. The van der Waals surface area contributed by atoms with Gasteiger partial charge in [0.1, 0.15) is 5.82 Å². The van der Waals surface area contributed by atoms with E-state index in [1.807, 2.05) is 12.1 Å². The van der Waals surface area contributed by atoms with E-state index in [1.54, 1.807) is 6.07 Å². The highest BCUT2D eigenvalue weighted by Gasteiger charge is 2.05. The smallest absolute Gasteiger partial charge is 0.305 e. The summed E-state index contributed by atoms with van der Waals surface area (Å²) in [4.78, 5) is 11.0. The summed E-state index contributed by atoms with van der Waals surface area (Å²) >= 11 is 0. The Balaban J connectivity index is 2.36. The molecule has 0 unspecified atom stereocenters. The molecular weight excluding hydrogens is 255 g/mol. The van der Waals surface area contributed by atoms with Crippen molar-refractivity contribution in [3.05, 3.63) is 35.1 Å². The molecule has 0 heterocycles. The number of benzene rings is 1. The number of hydrogen-bond acceptors (Lipinski definition) is 2. The first-order valence-electron chi connectivity index (χ1n) is 7.51. The van der Waals surface area contributed by atoms with Crippen molar-refractivity contribution in [3.63, 3.8) is 0 Å². The number of carbonyl (C=O) groups is 1. The van der Waals surface area contributed by atoms with Gasteiger partial charge >= 0.3 is 5.97 Å². The number of carbonyl (C=O) groups excluding carboxylic acids is 1. The number of halogens is 1. The maximum Gasteiger partial charge on any atom is 0.305 e. The molecule has 0 saturated heterocycles. The van der Waals surface area contributed by atoms with Gasteiger partial charge in [0.05, 0.1) is 7.11 Å². The summed E-state index contributed by atoms with van der Waals surface area (Å²) in [6, 6.07) is 5.45. The first-order valence-corrected chi connectivity index (χ1v) is 7.51. The summed E-state index contributed by atoms with van der Waals surface area (Å²) < 4.78 is 18.3. The van der Waals surface area contributed by atoms with Crippen molar-refractivity contribution in [1.29, 1.82) is 0 Å². The number of ether oxygens (including phenoxy) is 1. The molecule has 112 valence electrons. The molecule has 0 radical (unpaired) electrons. The van der Waals surface area contributed by atoms with Crippen molar-refractivity contribution in [3.8, 4) is 0 Å². The van der Waals surface area contributed by atoms with Gasteiger partial charge in [-0.25, -0.2) is 4.39 Å². The van der Waals surface area contributed by atoms with Gasteiger partial charge in [0.2, 0.25) is 0 Å². The molecule has 0 saturated carbocycles. The topological polar surface area (TPSA) is 26.3 Å². The summed E-state index contributed by atoms with van der Waals surface area (Å²) in [5.41, 5.74) is 2.02. The van der Waals surface area contributed by atoms with Gasteiger partial charge in [-0.15, -0.1) is 0 Å². The molecule has 1 aromatic rings. The van der Waals surface area contributed by atoms with E-state index in [9.17, 15) is 9.18 Å². The summed E-state index contributed by atoms with van der Waals surface area (Å²) in [6.45, 7) is 2.16. The molecule has 0 N–H and O–H groups in total. The second-order valence-corrected chi connectivity index (χ2v) is 5.17. The van der Waals surface area contributed by atoms with Crippen molar-refractivity contribution in [2.75, 3.05) is 7.11 Å². The van der Waals surface area contributed by atoms with E-state index in [1.165, 1.54) is 12.7 Å². The maximum atomic E-state index is 13.7. The van der Waals surface area contributed by atoms with E-state index in [4.69, 9.17) is 0 Å². The van der Waals surface area contributed by atoms with Crippen molar-refractivity contribution in [2.45, 2.75) is 58.3 Å². The molecule has 20 heavy (non-hydrogen) atoms. The Morgan fingerprint density at radius 3 is 2.65 bits per heavy atom. The van der Waals surface area contributed by atoms with E-state index in [0.29, 0.717) is 6.42 Å². The minimum absolute atomic E-state index is 0.113. The van der Waals surface area contributed by atoms with E-state index in [0.717, 1.165) is 50.5 Å². The standard InChI is InChI=1S/C17H25FO2/c1-3-4-8-14-11-12-16(18)15(13-14)9-6-5-7-10-17(19)20-2/h11-13H,3-10H2,1-2H3. The second-order valence-electron chi connectivity index (χ2n) is 5.17. The van der Waals surface area contributed by atoms with Gasteiger partial charge < -0.3 is 4.74 Å². The molecule has 0 aromatic heterocycles. The van der Waals surface area contributed by atoms with Crippen LogP contribution < -0.4 is 0 Å². The monoisotopic (exact) mass is 280 g/mol. The van der Waals surface area contributed by atoms with Crippen LogP contribution in [0.15, 0.2) is 18.2 Å². The van der Waals surface area contributed by atoms with E-state index in [2.05, 4.69) is 11.7 Å². The second kappa shape index (κ2) is 9.51. The van der Waals surface area contributed by atoms with E-state index < -0.39 is 0 Å². The zero-order chi connectivity index (χ0) is 14.8. The molecule has 3 heteroatoms. The van der Waals surface area contributed by atoms with Gasteiger partial charge in [-0.2, -0.15) is 0 Å². The lowest BCUT2D eigenvalue weighted by molar-refractivity contribution is -0.140. The fourth-order valence-corrected chi connectivity index (χ4v) is 2.22. The van der Waals surface area contributed by atoms with Gasteiger partial charge in [-0.3, -0.25) is 4.79 Å². The van der Waals surface area contributed by atoms with Crippen LogP contribution in [-0.4, -0.2) is 13.1 Å². The lowest BCUT2D eigenvalue weighted by atomic mass is 10.0. The molecule has 0 spiro atoms. The van der Waals surface area contributed by atoms with Crippen LogP contribution >= 0.6 is 0 Å². The predicted molar refractivity (Wildman–Crippen MR) is 79.2 cm³/mol. The summed E-state index contributed by atoms with van der Waals surface area (Å²) in [5.74, 6) is -0.282. The van der Waals surface area contributed by atoms with Crippen molar-refractivity contribution >= 4 is 5.97 Å². The number of unbranched alkanes of at least 4 members (excludes halogenated alkanes) is 3. The van der Waals surface area contributed by atoms with Gasteiger partial charge in [0.15, 0.2) is 0 Å². The average Bonchev–Trinajstić information content (AvgIpc) is 2.46. The fraction of sp³-hybridized carbons (Fsp3) is 0.588. The van der Waals surface area contributed by atoms with Gasteiger partial charge in [-0.1, -0.05) is 31.9 Å². The molecule has 0 amide bonds. The molecule has 2 nitrogen and oxygen atoms in total. The molecule has 0 aliphatic rings. The van der Waals surface area contributed by atoms with Crippen LogP contribution in [0.1, 0.15) is 56.6 Å². The lowest BCUT2D eigenvalue weighted by Gasteiger charge is -2.07. The number of methoxy groups -OCH3 is 1. The lowest BCUT2D eigenvalue weighted by Crippen LogP contribution is -2.00. The normalized spacial score (nSPS) is 10.6. The number of aryl methyl sites for hydroxylation is 2. The predicted octanol–water partition coefficient (Wildman–Crippen LogP) is 4.44. The molecule has 1 rings (SSSR count). The molecule has 0 atom stereocenters. The van der Waals surface area contributed by atoms with Crippen LogP contribution in [0, 0.1) is 5.82 Å². The third kappa shape index (κ3) is 6.18. The Kier molecular flexibility index (Phi) is 7.93. The van der Waals surface area contributed by atoms with Gasteiger partial charge in [0.25, 0.3) is 0 Å². The minimum Gasteiger partial charge on any atom is -0.469 e. The third-order valence-electron chi connectivity index (χ3n) is 3.48. The SMILES string of the molecule is CCCCc1ccc(F)c(CCCCCC(=O)OC)c1. The number of rotatable bonds is 9. The van der Waals surface area contributed by atoms with Gasteiger partial charge in [-0.05, 0) is 49.3 Å². The maximum absolute atomic E-state index is 13.7. The summed E-state index contributed by atoms with van der Waals surface area (Å²) in [6.07, 6.45) is 7.15. The van der Waals surface area contributed by atoms with Crippen LogP contribution in [-0.2, 0) is 22.4 Å². The van der Waals surface area contributed by atoms with Crippen LogP contribution in [0.25, 0.3) is 0 Å². The zero-order valence-corrected chi connectivity index (χ0v) is 12.6. The molecule has 0 aliphatic carbocycles. The highest BCUT2D eigenvalue weighted by molar-refractivity contribution is 5.68. The first kappa shape index (κ1) is 16.7. The molecule has 0 fully saturated rings. The molecule has 0 aliphatic heterocycles. The number of hydrogen-bond donors (Lipinski definition) is 0. The van der Waals surface area contributed by atoms with E-state index in [-0.39, 0.29) is 11.8 Å². The minimum atomic E-state index is -0.169. The average molecular weight is 280 g/mol. The van der Waals surface area contributed by atoms with Crippen molar-refractivity contribution < 1.29 is 13.9 Å². The summed E-state index contributed by atoms with van der Waals surface area (Å²) in [7, 11) is 1.40. The zero-order valence-electron chi connectivity index (χ0n) is 12.6. The fourth-order valence-electron chi connectivity index (χ4n) is 2.22. The van der Waals surface area contributed by atoms with Crippen molar-refractivity contribution in [2.24, 2.45) is 0 Å². The Morgan fingerprint density at radius 2 is 1.95 bits per heavy atom. The quantitative estimate of drug-likeness (QED) is 0.493. The molecule has 1 aromatic carbocycles. The molecule has 0 bridgehead atoms. The van der Waals surface area contributed by atoms with Gasteiger partial charge in [0, 0.05) is 6.42 Å². The first-order chi connectivity index (χ1) is 9.67. The Hall–Kier alpha value is -1.38. The van der Waals surface area contributed by atoms with Crippen LogP contribution in [0.2, 0.25) is 0 Å².